The average Bonchev–Trinajstić information content (AvgIpc) is 3.40. The van der Waals surface area contributed by atoms with Crippen molar-refractivity contribution in [3.05, 3.63) is 101 Å². The third-order valence-electron chi connectivity index (χ3n) is 5.02. The summed E-state index contributed by atoms with van der Waals surface area (Å²) in [5, 5.41) is 4.14. The normalized spacial score (nSPS) is 11.6. The van der Waals surface area contributed by atoms with Crippen LogP contribution in [0.1, 0.15) is 20.9 Å². The molecule has 0 N–H and O–H groups in total. The van der Waals surface area contributed by atoms with Crippen LogP contribution in [0, 0.1) is 6.92 Å². The van der Waals surface area contributed by atoms with E-state index in [4.69, 9.17) is 4.98 Å². The number of allylic oxidation sites excluding steroid dienone is 1. The van der Waals surface area contributed by atoms with Gasteiger partial charge in [0.25, 0.3) is 0 Å². The summed E-state index contributed by atoms with van der Waals surface area (Å²) in [6, 6.07) is 22.3. The highest BCUT2D eigenvalue weighted by Crippen LogP contribution is 2.29. The van der Waals surface area contributed by atoms with Gasteiger partial charge in [-0.25, -0.2) is 4.98 Å². The molecule has 0 bridgehead atoms. The first-order valence-corrected chi connectivity index (χ1v) is 10.3. The first-order valence-electron chi connectivity index (χ1n) is 9.43. The number of hydrogen-bond acceptors (Lipinski definition) is 3. The number of carbonyl (C=O) groups excluding carboxylic acids is 1. The number of aryl methyl sites for hydroxylation is 1. The second-order valence-electron chi connectivity index (χ2n) is 6.98. The molecule has 0 aliphatic heterocycles. The van der Waals surface area contributed by atoms with Crippen molar-refractivity contribution >= 4 is 39.6 Å². The minimum atomic E-state index is -0.0586. The summed E-state index contributed by atoms with van der Waals surface area (Å²) in [6.07, 6.45) is 5.45. The fraction of sp³-hybridized carbons (Fsp3) is 0.0400. The van der Waals surface area contributed by atoms with E-state index in [0.29, 0.717) is 11.4 Å². The number of nitrogens with zero attached hydrogens (tertiary/aromatic N) is 2. The van der Waals surface area contributed by atoms with Gasteiger partial charge >= 0.3 is 0 Å². The lowest BCUT2D eigenvalue weighted by molar-refractivity contribution is 0.104. The molecule has 4 heteroatoms. The molecule has 5 aromatic rings. The zero-order chi connectivity index (χ0) is 19.8. The van der Waals surface area contributed by atoms with Crippen molar-refractivity contribution in [3.63, 3.8) is 0 Å². The summed E-state index contributed by atoms with van der Waals surface area (Å²) in [6.45, 7) is 2.05. The van der Waals surface area contributed by atoms with Crippen molar-refractivity contribution in [2.24, 2.45) is 0 Å². The topological polar surface area (TPSA) is 34.4 Å². The Morgan fingerprint density at radius 3 is 2.62 bits per heavy atom. The van der Waals surface area contributed by atoms with Crippen LogP contribution in [-0.4, -0.2) is 15.2 Å². The van der Waals surface area contributed by atoms with Gasteiger partial charge in [-0.3, -0.25) is 9.20 Å². The number of fused-ring (bicyclic) bond motifs is 3. The number of imidazole rings is 1. The van der Waals surface area contributed by atoms with Gasteiger partial charge in [-0.2, -0.15) is 0 Å². The van der Waals surface area contributed by atoms with Crippen molar-refractivity contribution in [1.29, 1.82) is 0 Å². The second kappa shape index (κ2) is 7.15. The number of thiophene rings is 1. The highest BCUT2D eigenvalue weighted by Gasteiger charge is 2.20. The van der Waals surface area contributed by atoms with Crippen LogP contribution in [0.25, 0.3) is 33.8 Å². The molecule has 140 valence electrons. The minimum Gasteiger partial charge on any atom is -0.296 e. The smallest absolute Gasteiger partial charge is 0.204 e. The van der Waals surface area contributed by atoms with E-state index < -0.39 is 0 Å². The molecule has 2 aromatic carbocycles. The van der Waals surface area contributed by atoms with Gasteiger partial charge in [0.1, 0.15) is 17.0 Å². The third-order valence-corrected chi connectivity index (χ3v) is 5.85. The van der Waals surface area contributed by atoms with Crippen LogP contribution in [0.5, 0.6) is 0 Å². The molecule has 0 unspecified atom stereocenters. The molecule has 3 aromatic heterocycles. The predicted molar refractivity (Wildman–Crippen MR) is 121 cm³/mol. The van der Waals surface area contributed by atoms with Crippen molar-refractivity contribution < 1.29 is 4.79 Å². The number of benzene rings is 2. The molecule has 0 aliphatic rings. The van der Waals surface area contributed by atoms with Crippen LogP contribution >= 0.6 is 11.3 Å². The Labute approximate surface area is 172 Å². The van der Waals surface area contributed by atoms with E-state index in [1.807, 2.05) is 82.7 Å². The summed E-state index contributed by atoms with van der Waals surface area (Å²) in [7, 11) is 0. The van der Waals surface area contributed by atoms with Crippen LogP contribution in [0.3, 0.4) is 0 Å². The van der Waals surface area contributed by atoms with E-state index in [1.54, 1.807) is 17.4 Å². The Morgan fingerprint density at radius 1 is 1.00 bits per heavy atom. The van der Waals surface area contributed by atoms with Crippen LogP contribution in [0.15, 0.2) is 84.4 Å². The Morgan fingerprint density at radius 2 is 1.83 bits per heavy atom. The monoisotopic (exact) mass is 394 g/mol. The second-order valence-corrected chi connectivity index (χ2v) is 7.96. The molecule has 0 radical (unpaired) electrons. The van der Waals surface area contributed by atoms with Gasteiger partial charge < -0.3 is 0 Å². The van der Waals surface area contributed by atoms with Crippen molar-refractivity contribution in [3.8, 4) is 11.3 Å². The summed E-state index contributed by atoms with van der Waals surface area (Å²) in [4.78, 5) is 19.2. The highest BCUT2D eigenvalue weighted by atomic mass is 32.1. The van der Waals surface area contributed by atoms with Crippen LogP contribution in [-0.2, 0) is 0 Å². The highest BCUT2D eigenvalue weighted by molar-refractivity contribution is 7.10. The Hall–Kier alpha value is -3.50. The van der Waals surface area contributed by atoms with Gasteiger partial charge in [0.2, 0.25) is 5.78 Å². The van der Waals surface area contributed by atoms with Gasteiger partial charge in [-0.15, -0.1) is 11.3 Å². The number of rotatable bonds is 4. The third kappa shape index (κ3) is 3.18. The van der Waals surface area contributed by atoms with Crippen molar-refractivity contribution in [2.45, 2.75) is 6.92 Å². The molecule has 3 heterocycles. The number of hydrogen-bond donors (Lipinski definition) is 0. The van der Waals surface area contributed by atoms with Gasteiger partial charge in [0.15, 0.2) is 0 Å². The van der Waals surface area contributed by atoms with Crippen molar-refractivity contribution in [1.82, 2.24) is 9.38 Å². The maximum Gasteiger partial charge on any atom is 0.204 e. The van der Waals surface area contributed by atoms with Crippen LogP contribution in [0.4, 0.5) is 0 Å². The van der Waals surface area contributed by atoms with E-state index >= 15 is 0 Å². The Kier molecular flexibility index (Phi) is 4.34. The van der Waals surface area contributed by atoms with E-state index in [1.165, 1.54) is 5.56 Å². The summed E-state index contributed by atoms with van der Waals surface area (Å²) < 4.78 is 1.92. The van der Waals surface area contributed by atoms with Crippen molar-refractivity contribution in [2.75, 3.05) is 0 Å². The van der Waals surface area contributed by atoms with Crippen LogP contribution in [0.2, 0.25) is 0 Å². The lowest BCUT2D eigenvalue weighted by atomic mass is 10.1. The van der Waals surface area contributed by atoms with E-state index in [2.05, 4.69) is 13.0 Å². The number of carbonyl (C=O) groups is 1. The molecular formula is C25H18N2OS. The van der Waals surface area contributed by atoms with Gasteiger partial charge in [-0.05, 0) is 42.0 Å². The van der Waals surface area contributed by atoms with Gasteiger partial charge in [0, 0.05) is 22.0 Å². The largest absolute Gasteiger partial charge is 0.296 e. The maximum atomic E-state index is 13.3. The maximum absolute atomic E-state index is 13.3. The van der Waals surface area contributed by atoms with E-state index in [9.17, 15) is 4.79 Å². The molecule has 3 nitrogen and oxygen atoms in total. The zero-order valence-electron chi connectivity index (χ0n) is 15.9. The molecule has 0 amide bonds. The molecule has 29 heavy (non-hydrogen) atoms. The first-order chi connectivity index (χ1) is 14.2. The molecule has 5 rings (SSSR count). The standard InChI is InChI=1S/C25H18N2OS/c1-17-8-10-19(11-9-17)23-24(22(28)13-12-20-6-4-16-29-20)27-15-14-18-5-2-3-7-21(18)25(27)26-23/h2-16H,1H3/b13-12-. The molecule has 0 fully saturated rings. The summed E-state index contributed by atoms with van der Waals surface area (Å²) in [5.41, 5.74) is 4.21. The minimum absolute atomic E-state index is 0.0586. The predicted octanol–water partition coefficient (Wildman–Crippen LogP) is 6.42. The first kappa shape index (κ1) is 17.6. The Bertz CT molecular complexity index is 1360. The lowest BCUT2D eigenvalue weighted by Gasteiger charge is -2.04. The average molecular weight is 394 g/mol. The SMILES string of the molecule is Cc1ccc(-c2nc3c4ccccc4ccn3c2C(=O)/C=C\c2cccs2)cc1. The van der Waals surface area contributed by atoms with E-state index in [0.717, 1.165) is 26.9 Å². The molecular weight excluding hydrogens is 376 g/mol. The molecule has 0 spiro atoms. The zero-order valence-corrected chi connectivity index (χ0v) is 16.7. The fourth-order valence-corrected chi connectivity index (χ4v) is 4.16. The quantitative estimate of drug-likeness (QED) is 0.260. The van der Waals surface area contributed by atoms with Gasteiger partial charge in [-0.1, -0.05) is 60.2 Å². The number of aromatic nitrogens is 2. The Balaban J connectivity index is 1.75. The van der Waals surface area contributed by atoms with E-state index in [-0.39, 0.29) is 5.78 Å². The van der Waals surface area contributed by atoms with Gasteiger partial charge in [0.05, 0.1) is 0 Å². The molecule has 0 saturated heterocycles. The molecule has 0 aliphatic carbocycles. The molecule has 0 atom stereocenters. The number of pyridine rings is 1. The number of ketones is 1. The lowest BCUT2D eigenvalue weighted by Crippen LogP contribution is -2.02. The fourth-order valence-electron chi connectivity index (χ4n) is 3.54. The molecule has 0 saturated carbocycles. The van der Waals surface area contributed by atoms with Crippen LogP contribution < -0.4 is 0 Å². The summed E-state index contributed by atoms with van der Waals surface area (Å²) >= 11 is 1.61. The summed E-state index contributed by atoms with van der Waals surface area (Å²) in [5.74, 6) is -0.0586.